The summed E-state index contributed by atoms with van der Waals surface area (Å²) >= 11 is 0. The monoisotopic (exact) mass is 420 g/mol. The zero-order chi connectivity index (χ0) is 21.5. The average Bonchev–Trinajstić information content (AvgIpc) is 3.15. The smallest absolute Gasteiger partial charge is 0.223 e. The van der Waals surface area contributed by atoms with Crippen molar-refractivity contribution < 1.29 is 4.79 Å². The van der Waals surface area contributed by atoms with Gasteiger partial charge in [-0.2, -0.15) is 0 Å². The van der Waals surface area contributed by atoms with Crippen LogP contribution in [0.3, 0.4) is 0 Å². The number of likely N-dealkylation sites (N-methyl/N-ethyl adjacent to an activating group) is 1. The number of amides is 1. The molecule has 0 aliphatic carbocycles. The van der Waals surface area contributed by atoms with Crippen LogP contribution >= 0.6 is 0 Å². The Morgan fingerprint density at radius 2 is 1.84 bits per heavy atom. The molecule has 7 heteroatoms. The largest absolute Gasteiger partial charge is 0.371 e. The number of nitrogens with zero attached hydrogens (tertiary/aromatic N) is 6. The van der Waals surface area contributed by atoms with E-state index in [9.17, 15) is 4.79 Å². The molecule has 0 unspecified atom stereocenters. The van der Waals surface area contributed by atoms with Crippen molar-refractivity contribution in [1.29, 1.82) is 0 Å². The highest BCUT2D eigenvalue weighted by molar-refractivity contribution is 5.77. The lowest BCUT2D eigenvalue weighted by Crippen LogP contribution is -2.49. The van der Waals surface area contributed by atoms with E-state index in [1.54, 1.807) is 0 Å². The van der Waals surface area contributed by atoms with Gasteiger partial charge in [-0.05, 0) is 44.2 Å². The summed E-state index contributed by atoms with van der Waals surface area (Å²) in [6.07, 6.45) is 2.54. The molecular weight excluding hydrogens is 388 g/mol. The molecule has 3 aliphatic rings. The number of fused-ring (bicyclic) bond motifs is 1. The Balaban J connectivity index is 1.15. The number of rotatable bonds is 4. The molecule has 2 fully saturated rings. The van der Waals surface area contributed by atoms with Gasteiger partial charge in [-0.25, -0.2) is 4.98 Å². The van der Waals surface area contributed by atoms with Crippen LogP contribution in [0.1, 0.15) is 28.9 Å². The highest BCUT2D eigenvalue weighted by Gasteiger charge is 2.33. The van der Waals surface area contributed by atoms with Crippen LogP contribution < -0.4 is 9.80 Å². The van der Waals surface area contributed by atoms with Gasteiger partial charge < -0.3 is 19.6 Å². The summed E-state index contributed by atoms with van der Waals surface area (Å²) in [6.45, 7) is 11.6. The van der Waals surface area contributed by atoms with E-state index in [4.69, 9.17) is 0 Å². The molecule has 31 heavy (non-hydrogen) atoms. The first kappa shape index (κ1) is 20.2. The Labute approximate surface area is 184 Å². The first-order valence-electron chi connectivity index (χ1n) is 11.3. The van der Waals surface area contributed by atoms with Crippen LogP contribution in [0.25, 0.3) is 0 Å². The van der Waals surface area contributed by atoms with E-state index in [2.05, 4.69) is 56.8 Å². The number of aromatic nitrogens is 2. The van der Waals surface area contributed by atoms with Gasteiger partial charge in [0.15, 0.2) is 0 Å². The van der Waals surface area contributed by atoms with Crippen molar-refractivity contribution in [2.24, 2.45) is 5.92 Å². The molecule has 2 aromatic heterocycles. The molecule has 164 valence electrons. The number of carbonyl (C=O) groups excluding carboxylic acids is 1. The van der Waals surface area contributed by atoms with Crippen LogP contribution in [0.5, 0.6) is 0 Å². The first-order chi connectivity index (χ1) is 15.0. The van der Waals surface area contributed by atoms with Gasteiger partial charge >= 0.3 is 0 Å². The summed E-state index contributed by atoms with van der Waals surface area (Å²) in [6, 6.07) is 6.41. The number of hydrogen-bond acceptors (Lipinski definition) is 6. The van der Waals surface area contributed by atoms with Crippen LogP contribution in [0.4, 0.5) is 11.5 Å². The van der Waals surface area contributed by atoms with Gasteiger partial charge in [0.1, 0.15) is 5.82 Å². The molecule has 5 heterocycles. The molecule has 0 spiro atoms. The maximum Gasteiger partial charge on any atom is 0.223 e. The van der Waals surface area contributed by atoms with E-state index in [0.29, 0.717) is 25.4 Å². The molecule has 7 nitrogen and oxygen atoms in total. The first-order valence-corrected chi connectivity index (χ1v) is 11.3. The summed E-state index contributed by atoms with van der Waals surface area (Å²) < 4.78 is 0. The number of aryl methyl sites for hydroxylation is 2. The van der Waals surface area contributed by atoms with Crippen LogP contribution in [0, 0.1) is 19.8 Å². The van der Waals surface area contributed by atoms with Crippen LogP contribution in [-0.4, -0.2) is 72.0 Å². The van der Waals surface area contributed by atoms with E-state index < -0.39 is 0 Å². The second-order valence-corrected chi connectivity index (χ2v) is 9.39. The molecule has 1 amide bonds. The summed E-state index contributed by atoms with van der Waals surface area (Å²) in [7, 11) is 2.17. The van der Waals surface area contributed by atoms with Crippen LogP contribution in [0.15, 0.2) is 24.4 Å². The predicted octanol–water partition coefficient (Wildman–Crippen LogP) is 2.21. The van der Waals surface area contributed by atoms with Gasteiger partial charge in [-0.15, -0.1) is 0 Å². The molecule has 5 rings (SSSR count). The Hall–Kier alpha value is -2.67. The lowest BCUT2D eigenvalue weighted by molar-refractivity contribution is -0.133. The quantitative estimate of drug-likeness (QED) is 0.756. The number of carbonyl (C=O) groups is 1. The zero-order valence-corrected chi connectivity index (χ0v) is 18.8. The summed E-state index contributed by atoms with van der Waals surface area (Å²) in [5.74, 6) is 1.75. The molecule has 0 N–H and O–H groups in total. The fourth-order valence-corrected chi connectivity index (χ4v) is 4.99. The van der Waals surface area contributed by atoms with E-state index in [1.165, 1.54) is 16.8 Å². The number of piperazine rings is 1. The van der Waals surface area contributed by atoms with Crippen molar-refractivity contribution in [3.05, 3.63) is 46.9 Å². The number of anilines is 2. The minimum absolute atomic E-state index is 0.257. The third kappa shape index (κ3) is 4.11. The van der Waals surface area contributed by atoms with Crippen molar-refractivity contribution in [3.8, 4) is 0 Å². The van der Waals surface area contributed by atoms with E-state index >= 15 is 0 Å². The molecule has 0 aromatic carbocycles. The van der Waals surface area contributed by atoms with Crippen molar-refractivity contribution in [2.45, 2.75) is 33.4 Å². The molecule has 0 bridgehead atoms. The molecule has 0 radical (unpaired) electrons. The second-order valence-electron chi connectivity index (χ2n) is 9.39. The topological polar surface area (TPSA) is 55.8 Å². The predicted molar refractivity (Wildman–Crippen MR) is 122 cm³/mol. The molecule has 0 atom stereocenters. The molecule has 2 saturated heterocycles. The highest BCUT2D eigenvalue weighted by Crippen LogP contribution is 2.31. The normalized spacial score (nSPS) is 19.5. The number of hydrogen-bond donors (Lipinski definition) is 0. The summed E-state index contributed by atoms with van der Waals surface area (Å²) in [5.41, 5.74) is 5.82. The Morgan fingerprint density at radius 1 is 1.06 bits per heavy atom. The maximum atomic E-state index is 12.9. The second kappa shape index (κ2) is 8.11. The van der Waals surface area contributed by atoms with Gasteiger partial charge in [0, 0.05) is 81.8 Å². The van der Waals surface area contributed by atoms with Gasteiger partial charge in [0.2, 0.25) is 5.91 Å². The lowest BCUT2D eigenvalue weighted by atomic mass is 9.95. The summed E-state index contributed by atoms with van der Waals surface area (Å²) in [5, 5.41) is 0. The third-order valence-corrected chi connectivity index (χ3v) is 6.95. The minimum Gasteiger partial charge on any atom is -0.371 e. The van der Waals surface area contributed by atoms with Crippen LogP contribution in [-0.2, 0) is 17.9 Å². The lowest BCUT2D eigenvalue weighted by Gasteiger charge is -2.41. The van der Waals surface area contributed by atoms with Crippen LogP contribution in [0.2, 0.25) is 0 Å². The minimum atomic E-state index is 0.257. The van der Waals surface area contributed by atoms with Gasteiger partial charge in [-0.3, -0.25) is 9.78 Å². The Bertz CT molecular complexity index is 978. The molecule has 0 saturated carbocycles. The summed E-state index contributed by atoms with van der Waals surface area (Å²) in [4.78, 5) is 31.2. The fraction of sp³-hybridized carbons (Fsp3) is 0.542. The number of pyridine rings is 2. The highest BCUT2D eigenvalue weighted by atomic mass is 16.2. The van der Waals surface area contributed by atoms with Crippen molar-refractivity contribution >= 4 is 17.4 Å². The average molecular weight is 421 g/mol. The maximum absolute atomic E-state index is 12.9. The van der Waals surface area contributed by atoms with Crippen molar-refractivity contribution in [1.82, 2.24) is 19.8 Å². The standard InChI is InChI=1S/C24H32N6O/c1-17-10-18(2)26-22-16-30(15-21(17)22)24(31)11-19-13-29(14-19)20-4-5-25-23(12-20)28-8-6-27(3)7-9-28/h4-5,10,12,19H,6-9,11,13-16H2,1-3H3. The van der Waals surface area contributed by atoms with E-state index in [0.717, 1.165) is 56.5 Å². The van der Waals surface area contributed by atoms with Crippen molar-refractivity contribution in [3.63, 3.8) is 0 Å². The van der Waals surface area contributed by atoms with Gasteiger partial charge in [-0.1, -0.05) is 0 Å². The molecule has 2 aromatic rings. The molecular formula is C24H32N6O. The zero-order valence-electron chi connectivity index (χ0n) is 18.8. The Morgan fingerprint density at radius 3 is 2.61 bits per heavy atom. The van der Waals surface area contributed by atoms with E-state index in [-0.39, 0.29) is 5.91 Å². The van der Waals surface area contributed by atoms with Crippen molar-refractivity contribution in [2.75, 3.05) is 56.1 Å². The fourth-order valence-electron chi connectivity index (χ4n) is 4.99. The third-order valence-electron chi connectivity index (χ3n) is 6.95. The molecule has 3 aliphatic heterocycles. The van der Waals surface area contributed by atoms with Gasteiger partial charge in [0.25, 0.3) is 0 Å². The SMILES string of the molecule is Cc1cc(C)c2c(n1)CN(C(=O)CC1CN(c3ccnc(N4CCN(C)CC4)c3)C1)C2. The van der Waals surface area contributed by atoms with Gasteiger partial charge in [0.05, 0.1) is 12.2 Å². The Kier molecular flexibility index (Phi) is 5.30. The van der Waals surface area contributed by atoms with E-state index in [1.807, 2.05) is 18.0 Å².